The molecule has 1 N–H and O–H groups in total. The highest BCUT2D eigenvalue weighted by Gasteiger charge is 2.03. The standard InChI is InChI=1S/C7H7ClN2O.C4H8O/c1-9-7(11)6-4-5(8)2-3-10-6;1-2-4-5-3-1/h2-4H,1H3,(H,9,11);1-4H2. The van der Waals surface area contributed by atoms with Crippen LogP contribution in [0.25, 0.3) is 0 Å². The molecule has 1 aliphatic heterocycles. The molecule has 0 spiro atoms. The van der Waals surface area contributed by atoms with Crippen molar-refractivity contribution in [3.63, 3.8) is 0 Å². The maximum absolute atomic E-state index is 10.9. The van der Waals surface area contributed by atoms with Gasteiger partial charge in [-0.3, -0.25) is 9.78 Å². The predicted molar refractivity (Wildman–Crippen MR) is 62.7 cm³/mol. The average molecular weight is 243 g/mol. The summed E-state index contributed by atoms with van der Waals surface area (Å²) >= 11 is 5.63. The molecule has 1 amide bonds. The Morgan fingerprint density at radius 2 is 2.19 bits per heavy atom. The van der Waals surface area contributed by atoms with Gasteiger partial charge in [0, 0.05) is 31.5 Å². The number of hydrogen-bond donors (Lipinski definition) is 1. The lowest BCUT2D eigenvalue weighted by atomic mass is 10.3. The fourth-order valence-electron chi connectivity index (χ4n) is 1.17. The van der Waals surface area contributed by atoms with Gasteiger partial charge in [0.2, 0.25) is 0 Å². The molecule has 5 heteroatoms. The third kappa shape index (κ3) is 4.59. The third-order valence-electron chi connectivity index (χ3n) is 2.01. The number of hydrogen-bond acceptors (Lipinski definition) is 3. The highest BCUT2D eigenvalue weighted by atomic mass is 35.5. The quantitative estimate of drug-likeness (QED) is 0.818. The Hall–Kier alpha value is -1.13. The Morgan fingerprint density at radius 3 is 2.62 bits per heavy atom. The van der Waals surface area contributed by atoms with E-state index in [1.165, 1.54) is 25.1 Å². The van der Waals surface area contributed by atoms with Crippen molar-refractivity contribution in [2.24, 2.45) is 0 Å². The van der Waals surface area contributed by atoms with Gasteiger partial charge in [-0.2, -0.15) is 0 Å². The summed E-state index contributed by atoms with van der Waals surface area (Å²) < 4.78 is 4.94. The molecule has 2 rings (SSSR count). The predicted octanol–water partition coefficient (Wildman–Crippen LogP) is 1.89. The van der Waals surface area contributed by atoms with E-state index in [9.17, 15) is 4.79 Å². The SMILES string of the molecule is C1CCOC1.CNC(=O)c1cc(Cl)ccn1. The summed E-state index contributed by atoms with van der Waals surface area (Å²) in [7, 11) is 1.55. The van der Waals surface area contributed by atoms with E-state index in [1.54, 1.807) is 13.1 Å². The number of pyridine rings is 1. The van der Waals surface area contributed by atoms with E-state index in [4.69, 9.17) is 16.3 Å². The van der Waals surface area contributed by atoms with Gasteiger partial charge in [-0.15, -0.1) is 0 Å². The first-order chi connectivity index (χ1) is 7.74. The zero-order valence-corrected chi connectivity index (χ0v) is 9.96. The summed E-state index contributed by atoms with van der Waals surface area (Å²) in [6.07, 6.45) is 4.05. The smallest absolute Gasteiger partial charge is 0.269 e. The summed E-state index contributed by atoms with van der Waals surface area (Å²) in [6.45, 7) is 2.00. The zero-order valence-electron chi connectivity index (χ0n) is 9.20. The van der Waals surface area contributed by atoms with Crippen molar-refractivity contribution >= 4 is 17.5 Å². The van der Waals surface area contributed by atoms with E-state index >= 15 is 0 Å². The summed E-state index contributed by atoms with van der Waals surface area (Å²) in [5.74, 6) is -0.229. The normalized spacial score (nSPS) is 13.9. The molecule has 0 atom stereocenters. The lowest BCUT2D eigenvalue weighted by molar-refractivity contribution is 0.0958. The van der Waals surface area contributed by atoms with E-state index in [-0.39, 0.29) is 5.91 Å². The topological polar surface area (TPSA) is 51.2 Å². The number of amides is 1. The van der Waals surface area contributed by atoms with Gasteiger partial charge >= 0.3 is 0 Å². The van der Waals surface area contributed by atoms with Crippen LogP contribution >= 0.6 is 11.6 Å². The molecular weight excluding hydrogens is 228 g/mol. The number of nitrogens with zero attached hydrogens (tertiary/aromatic N) is 1. The maximum atomic E-state index is 10.9. The minimum absolute atomic E-state index is 0.229. The molecule has 1 aliphatic rings. The van der Waals surface area contributed by atoms with Crippen LogP contribution in [-0.4, -0.2) is 31.2 Å². The van der Waals surface area contributed by atoms with Crippen molar-refractivity contribution in [1.29, 1.82) is 0 Å². The Labute approximate surface area is 100.0 Å². The minimum atomic E-state index is -0.229. The fourth-order valence-corrected chi connectivity index (χ4v) is 1.33. The number of ether oxygens (including phenoxy) is 1. The van der Waals surface area contributed by atoms with Crippen LogP contribution < -0.4 is 5.32 Å². The van der Waals surface area contributed by atoms with Crippen molar-refractivity contribution in [2.45, 2.75) is 12.8 Å². The second-order valence-electron chi connectivity index (χ2n) is 3.26. The molecule has 0 unspecified atom stereocenters. The van der Waals surface area contributed by atoms with Crippen molar-refractivity contribution < 1.29 is 9.53 Å². The second kappa shape index (κ2) is 7.19. The summed E-state index contributed by atoms with van der Waals surface area (Å²) in [6, 6.07) is 3.13. The van der Waals surface area contributed by atoms with Crippen molar-refractivity contribution in [3.8, 4) is 0 Å². The molecular formula is C11H15ClN2O2. The van der Waals surface area contributed by atoms with Crippen LogP contribution in [0.4, 0.5) is 0 Å². The lowest BCUT2D eigenvalue weighted by Gasteiger charge is -1.97. The number of aromatic nitrogens is 1. The Bertz CT molecular complexity index is 333. The average Bonchev–Trinajstić information content (AvgIpc) is 2.86. The third-order valence-corrected chi connectivity index (χ3v) is 2.24. The van der Waals surface area contributed by atoms with Gasteiger partial charge in [-0.05, 0) is 25.0 Å². The lowest BCUT2D eigenvalue weighted by Crippen LogP contribution is -2.18. The fraction of sp³-hybridized carbons (Fsp3) is 0.455. The number of carbonyl (C=O) groups excluding carboxylic acids is 1. The van der Waals surface area contributed by atoms with Crippen LogP contribution in [0.2, 0.25) is 5.02 Å². The van der Waals surface area contributed by atoms with E-state index in [1.807, 2.05) is 0 Å². The largest absolute Gasteiger partial charge is 0.381 e. The van der Waals surface area contributed by atoms with Gasteiger partial charge in [0.1, 0.15) is 5.69 Å². The number of halogens is 1. The van der Waals surface area contributed by atoms with E-state index in [0.29, 0.717) is 10.7 Å². The molecule has 16 heavy (non-hydrogen) atoms. The van der Waals surface area contributed by atoms with Crippen LogP contribution in [-0.2, 0) is 4.74 Å². The zero-order chi connectivity index (χ0) is 11.8. The Morgan fingerprint density at radius 1 is 1.50 bits per heavy atom. The monoisotopic (exact) mass is 242 g/mol. The number of nitrogens with one attached hydrogen (secondary N) is 1. The molecule has 1 aromatic rings. The Balaban J connectivity index is 0.000000212. The first-order valence-electron chi connectivity index (χ1n) is 5.15. The molecule has 1 saturated heterocycles. The summed E-state index contributed by atoms with van der Waals surface area (Å²) in [5, 5.41) is 2.96. The van der Waals surface area contributed by atoms with E-state index in [2.05, 4.69) is 10.3 Å². The molecule has 0 saturated carbocycles. The van der Waals surface area contributed by atoms with Crippen LogP contribution in [0.5, 0.6) is 0 Å². The molecule has 0 aliphatic carbocycles. The molecule has 1 aromatic heterocycles. The van der Waals surface area contributed by atoms with Crippen molar-refractivity contribution in [1.82, 2.24) is 10.3 Å². The minimum Gasteiger partial charge on any atom is -0.381 e. The second-order valence-corrected chi connectivity index (χ2v) is 3.69. The highest BCUT2D eigenvalue weighted by Crippen LogP contribution is 2.07. The molecule has 0 aromatic carbocycles. The van der Waals surface area contributed by atoms with E-state index < -0.39 is 0 Å². The molecule has 88 valence electrons. The van der Waals surface area contributed by atoms with Gasteiger partial charge < -0.3 is 10.1 Å². The van der Waals surface area contributed by atoms with Gasteiger partial charge in [0.05, 0.1) is 0 Å². The number of rotatable bonds is 1. The van der Waals surface area contributed by atoms with Crippen LogP contribution in [0.15, 0.2) is 18.3 Å². The molecule has 4 nitrogen and oxygen atoms in total. The van der Waals surface area contributed by atoms with Gasteiger partial charge in [0.25, 0.3) is 5.91 Å². The maximum Gasteiger partial charge on any atom is 0.269 e. The van der Waals surface area contributed by atoms with Crippen LogP contribution in [0, 0.1) is 0 Å². The van der Waals surface area contributed by atoms with Crippen LogP contribution in [0.3, 0.4) is 0 Å². The first kappa shape index (κ1) is 12.9. The van der Waals surface area contributed by atoms with Gasteiger partial charge in [0.15, 0.2) is 0 Å². The van der Waals surface area contributed by atoms with Crippen LogP contribution in [0.1, 0.15) is 23.3 Å². The van der Waals surface area contributed by atoms with Crippen molar-refractivity contribution in [3.05, 3.63) is 29.0 Å². The highest BCUT2D eigenvalue weighted by molar-refractivity contribution is 6.30. The molecule has 0 bridgehead atoms. The number of carbonyl (C=O) groups is 1. The molecule has 2 heterocycles. The summed E-state index contributed by atoms with van der Waals surface area (Å²) in [4.78, 5) is 14.7. The van der Waals surface area contributed by atoms with Crippen molar-refractivity contribution in [2.75, 3.05) is 20.3 Å². The van der Waals surface area contributed by atoms with E-state index in [0.717, 1.165) is 13.2 Å². The first-order valence-corrected chi connectivity index (χ1v) is 5.53. The molecule has 1 fully saturated rings. The van der Waals surface area contributed by atoms with Gasteiger partial charge in [-0.25, -0.2) is 0 Å². The Kier molecular flexibility index (Phi) is 5.82. The summed E-state index contributed by atoms with van der Waals surface area (Å²) in [5.41, 5.74) is 0.333. The van der Waals surface area contributed by atoms with Gasteiger partial charge in [-0.1, -0.05) is 11.6 Å². The molecule has 0 radical (unpaired) electrons.